The number of aromatic amines is 2. The van der Waals surface area contributed by atoms with Crippen LogP contribution in [0.4, 0.5) is 20.5 Å². The second kappa shape index (κ2) is 6.11. The van der Waals surface area contributed by atoms with Crippen molar-refractivity contribution < 1.29 is 8.78 Å². The molecule has 2 N–H and O–H groups in total. The average Bonchev–Trinajstić information content (AvgIpc) is 3.10. The summed E-state index contributed by atoms with van der Waals surface area (Å²) in [5.74, 6) is 1.01. The second-order valence-electron chi connectivity index (χ2n) is 5.71. The normalized spacial score (nSPS) is 15.3. The van der Waals surface area contributed by atoms with Gasteiger partial charge in [0.15, 0.2) is 0 Å². The van der Waals surface area contributed by atoms with Gasteiger partial charge in [0.25, 0.3) is 12.0 Å². The van der Waals surface area contributed by atoms with Gasteiger partial charge in [0, 0.05) is 38.4 Å². The number of nitrogens with zero attached hydrogens (tertiary/aromatic N) is 5. The van der Waals surface area contributed by atoms with Gasteiger partial charge in [-0.2, -0.15) is 0 Å². The van der Waals surface area contributed by atoms with Crippen molar-refractivity contribution in [2.75, 3.05) is 36.0 Å². The third kappa shape index (κ3) is 2.90. The average molecular weight is 347 g/mol. The molecular weight excluding hydrogens is 332 g/mol. The van der Waals surface area contributed by atoms with Crippen LogP contribution < -0.4 is 15.4 Å². The molecule has 0 aromatic carbocycles. The smallest absolute Gasteiger partial charge is 0.280 e. The lowest BCUT2D eigenvalue weighted by molar-refractivity contribution is 0.146. The molecule has 3 aromatic heterocycles. The number of anilines is 2. The maximum atomic E-state index is 12.8. The first-order chi connectivity index (χ1) is 12.1. The van der Waals surface area contributed by atoms with E-state index in [1.54, 1.807) is 4.90 Å². The van der Waals surface area contributed by atoms with Gasteiger partial charge in [-0.25, -0.2) is 23.7 Å². The van der Waals surface area contributed by atoms with E-state index in [0.717, 1.165) is 22.9 Å². The van der Waals surface area contributed by atoms with Crippen molar-refractivity contribution in [2.24, 2.45) is 0 Å². The summed E-state index contributed by atoms with van der Waals surface area (Å²) >= 11 is 0. The molecule has 8 nitrogen and oxygen atoms in total. The maximum Gasteiger partial charge on any atom is 0.280 e. The Balaban J connectivity index is 1.54. The van der Waals surface area contributed by atoms with Gasteiger partial charge < -0.3 is 14.8 Å². The third-order valence-corrected chi connectivity index (χ3v) is 4.18. The lowest BCUT2D eigenvalue weighted by atomic mass is 10.3. The van der Waals surface area contributed by atoms with Crippen LogP contribution in [0.15, 0.2) is 29.5 Å². The Morgan fingerprint density at radius 3 is 2.64 bits per heavy atom. The van der Waals surface area contributed by atoms with E-state index in [1.165, 1.54) is 6.33 Å². The van der Waals surface area contributed by atoms with Gasteiger partial charge in [0.2, 0.25) is 5.95 Å². The quantitative estimate of drug-likeness (QED) is 0.742. The fourth-order valence-electron chi connectivity index (χ4n) is 2.97. The molecule has 0 saturated carbocycles. The monoisotopic (exact) mass is 347 g/mol. The molecule has 0 atom stereocenters. The van der Waals surface area contributed by atoms with Crippen LogP contribution in [0, 0.1) is 0 Å². The van der Waals surface area contributed by atoms with Gasteiger partial charge in [0.05, 0.1) is 5.39 Å². The summed E-state index contributed by atoms with van der Waals surface area (Å²) in [7, 11) is 0. The van der Waals surface area contributed by atoms with Crippen LogP contribution in [-0.2, 0) is 0 Å². The van der Waals surface area contributed by atoms with Gasteiger partial charge in [-0.05, 0) is 6.07 Å². The number of hydrogen-bond acceptors (Lipinski definition) is 6. The first-order valence-electron chi connectivity index (χ1n) is 7.79. The SMILES string of the molecule is O=c1cc(C(F)F)nc(N2CCN(c3ncnc4[nH]ccc34)CC2)[nH]1. The molecule has 0 spiro atoms. The number of piperazine rings is 1. The largest absolute Gasteiger partial charge is 0.352 e. The van der Waals surface area contributed by atoms with Crippen LogP contribution in [-0.4, -0.2) is 51.1 Å². The van der Waals surface area contributed by atoms with Gasteiger partial charge in [0.1, 0.15) is 23.5 Å². The van der Waals surface area contributed by atoms with Crippen molar-refractivity contribution in [1.29, 1.82) is 0 Å². The summed E-state index contributed by atoms with van der Waals surface area (Å²) < 4.78 is 25.7. The van der Waals surface area contributed by atoms with Crippen molar-refractivity contribution >= 4 is 22.8 Å². The Morgan fingerprint density at radius 2 is 1.88 bits per heavy atom. The zero-order chi connectivity index (χ0) is 17.4. The number of halogens is 2. The lowest BCUT2D eigenvalue weighted by Gasteiger charge is -2.35. The predicted octanol–water partition coefficient (Wildman–Crippen LogP) is 1.31. The third-order valence-electron chi connectivity index (χ3n) is 4.18. The molecule has 3 aromatic rings. The molecule has 130 valence electrons. The Kier molecular flexibility index (Phi) is 3.79. The fourth-order valence-corrected chi connectivity index (χ4v) is 2.97. The highest BCUT2D eigenvalue weighted by Crippen LogP contribution is 2.24. The number of rotatable bonds is 3. The van der Waals surface area contributed by atoms with E-state index >= 15 is 0 Å². The molecule has 1 aliphatic rings. The standard InChI is InChI=1S/C15H15F2N7O/c16-12(17)10-7-11(25)22-15(21-10)24-5-3-23(4-6-24)14-9-1-2-18-13(9)19-8-20-14/h1-2,7-8,12H,3-6H2,(H,18,19,20)(H,21,22,25). The van der Waals surface area contributed by atoms with Gasteiger partial charge >= 0.3 is 0 Å². The topological polar surface area (TPSA) is 93.8 Å². The molecule has 1 saturated heterocycles. The van der Waals surface area contributed by atoms with Crippen LogP contribution in [0.1, 0.15) is 12.1 Å². The van der Waals surface area contributed by atoms with E-state index in [9.17, 15) is 13.6 Å². The number of H-pyrrole nitrogens is 2. The highest BCUT2D eigenvalue weighted by molar-refractivity contribution is 5.87. The van der Waals surface area contributed by atoms with Crippen molar-refractivity contribution in [1.82, 2.24) is 24.9 Å². The van der Waals surface area contributed by atoms with Crippen LogP contribution in [0.2, 0.25) is 0 Å². The fraction of sp³-hybridized carbons (Fsp3) is 0.333. The van der Waals surface area contributed by atoms with Crippen LogP contribution in [0.5, 0.6) is 0 Å². The number of fused-ring (bicyclic) bond motifs is 1. The van der Waals surface area contributed by atoms with Gasteiger partial charge in [-0.3, -0.25) is 9.78 Å². The van der Waals surface area contributed by atoms with Gasteiger partial charge in [-0.15, -0.1) is 0 Å². The predicted molar refractivity (Wildman–Crippen MR) is 88.1 cm³/mol. The highest BCUT2D eigenvalue weighted by Gasteiger charge is 2.22. The molecule has 0 unspecified atom stereocenters. The lowest BCUT2D eigenvalue weighted by Crippen LogP contribution is -2.47. The van der Waals surface area contributed by atoms with Crippen molar-refractivity contribution in [3.63, 3.8) is 0 Å². The molecule has 1 fully saturated rings. The molecule has 0 radical (unpaired) electrons. The van der Waals surface area contributed by atoms with Crippen molar-refractivity contribution in [3.8, 4) is 0 Å². The molecule has 0 bridgehead atoms. The van der Waals surface area contributed by atoms with E-state index < -0.39 is 17.7 Å². The zero-order valence-corrected chi connectivity index (χ0v) is 13.1. The van der Waals surface area contributed by atoms with E-state index in [2.05, 4.69) is 29.8 Å². The minimum Gasteiger partial charge on any atom is -0.352 e. The first-order valence-corrected chi connectivity index (χ1v) is 7.79. The first kappa shape index (κ1) is 15.5. The maximum absolute atomic E-state index is 12.8. The summed E-state index contributed by atoms with van der Waals surface area (Å²) in [6.45, 7) is 2.32. The Bertz CT molecular complexity index is 946. The Morgan fingerprint density at radius 1 is 1.12 bits per heavy atom. The highest BCUT2D eigenvalue weighted by atomic mass is 19.3. The van der Waals surface area contributed by atoms with E-state index in [0.29, 0.717) is 26.2 Å². The van der Waals surface area contributed by atoms with Crippen LogP contribution >= 0.6 is 0 Å². The van der Waals surface area contributed by atoms with Gasteiger partial charge in [-0.1, -0.05) is 0 Å². The van der Waals surface area contributed by atoms with Crippen molar-refractivity contribution in [2.45, 2.75) is 6.43 Å². The number of nitrogens with one attached hydrogen (secondary N) is 2. The number of aromatic nitrogens is 5. The van der Waals surface area contributed by atoms with E-state index in [4.69, 9.17) is 0 Å². The minimum atomic E-state index is -2.77. The van der Waals surface area contributed by atoms with Crippen LogP contribution in [0.3, 0.4) is 0 Å². The molecule has 25 heavy (non-hydrogen) atoms. The van der Waals surface area contributed by atoms with E-state index in [-0.39, 0.29) is 5.95 Å². The summed E-state index contributed by atoms with van der Waals surface area (Å²) in [6.07, 6.45) is 0.542. The summed E-state index contributed by atoms with van der Waals surface area (Å²) in [4.78, 5) is 33.4. The molecule has 1 aliphatic heterocycles. The number of hydrogen-bond donors (Lipinski definition) is 2. The Labute approximate surface area is 140 Å². The molecule has 0 amide bonds. The molecule has 4 rings (SSSR count). The zero-order valence-electron chi connectivity index (χ0n) is 13.1. The summed E-state index contributed by atoms with van der Waals surface area (Å²) in [6, 6.07) is 2.75. The van der Waals surface area contributed by atoms with Crippen molar-refractivity contribution in [3.05, 3.63) is 40.7 Å². The summed E-state index contributed by atoms with van der Waals surface area (Å²) in [5, 5.41) is 0.933. The minimum absolute atomic E-state index is 0.178. The molecule has 4 heterocycles. The number of alkyl halides is 2. The molecular formula is C15H15F2N7O. The molecule has 0 aliphatic carbocycles. The second-order valence-corrected chi connectivity index (χ2v) is 5.71. The Hall–Kier alpha value is -3.04. The summed E-state index contributed by atoms with van der Waals surface area (Å²) in [5.41, 5.74) is -0.318. The molecule has 10 heteroatoms. The van der Waals surface area contributed by atoms with E-state index in [1.807, 2.05) is 12.3 Å². The van der Waals surface area contributed by atoms with Crippen LogP contribution in [0.25, 0.3) is 11.0 Å².